The fourth-order valence-corrected chi connectivity index (χ4v) is 9.14. The van der Waals surface area contributed by atoms with Gasteiger partial charge in [0.25, 0.3) is 11.8 Å². The molecule has 0 aliphatic heterocycles. The molecule has 6 rings (SSSR count). The van der Waals surface area contributed by atoms with E-state index in [9.17, 15) is 29.4 Å². The summed E-state index contributed by atoms with van der Waals surface area (Å²) >= 11 is 47.6. The monoisotopic (exact) mass is 1060 g/mol. The summed E-state index contributed by atoms with van der Waals surface area (Å²) in [5, 5.41) is 34.4. The number of thiocarbonyl (C=S) groups is 2. The Labute approximate surface area is 449 Å². The van der Waals surface area contributed by atoms with E-state index in [-0.39, 0.29) is 83.6 Å². The Balaban J connectivity index is 0.000000288. The average molecular weight is 1070 g/mol. The van der Waals surface area contributed by atoms with E-state index in [0.717, 1.165) is 16.7 Å². The Morgan fingerprint density at radius 3 is 1.12 bits per heavy atom. The van der Waals surface area contributed by atoms with Gasteiger partial charge in [0, 0.05) is 28.9 Å². The van der Waals surface area contributed by atoms with E-state index in [1.54, 1.807) is 109 Å². The molecule has 0 aliphatic rings. The zero-order valence-electron chi connectivity index (χ0n) is 35.7. The first-order chi connectivity index (χ1) is 31.3. The number of halogens is 6. The third kappa shape index (κ3) is 15.4. The summed E-state index contributed by atoms with van der Waals surface area (Å²) in [4.78, 5) is 49.1. The van der Waals surface area contributed by atoms with Crippen molar-refractivity contribution < 1.29 is 58.9 Å². The summed E-state index contributed by atoms with van der Waals surface area (Å²) in [5.74, 6) is -3.24. The maximum absolute atomic E-state index is 12.5. The number of amides is 2. The van der Waals surface area contributed by atoms with Crippen LogP contribution < -0.4 is 55.9 Å². The third-order valence-corrected chi connectivity index (χ3v) is 12.3. The standard InChI is InChI=1S/2C24H19Cl3N2O3S.Na/c2*1-13-4-2-5-16(25)20(13)23(33)29-19(24(31)32)12-14-8-10-15(11-9-14)28-22(30)21-17(26)6-3-7-18(21)27;/h2*2-11,19H,12H2,1H3,(H,28,30)(H,29,33)(H,31,32);/q;;+1/p-1. The molecule has 2 unspecified atom stereocenters. The molecular formula is C48H37Cl6N4NaO6S2. The van der Waals surface area contributed by atoms with Crippen LogP contribution in [-0.4, -0.2) is 50.9 Å². The SMILES string of the molecule is Cc1cccc(Cl)c1C(=S)NC(Cc1ccc(NC(=O)c2c(Cl)cccc2Cl)cc1)C(=O)O.Cc1cccc(Cl)c1C(=S)NC(Cc1ccc(NC(=O)c2c(Cl)cccc2Cl)cc1)C(=O)[O-].[Na+]. The number of carboxylic acids is 2. The molecular weight excluding hydrogens is 1030 g/mol. The van der Waals surface area contributed by atoms with Crippen molar-refractivity contribution in [1.29, 1.82) is 0 Å². The van der Waals surface area contributed by atoms with Crippen molar-refractivity contribution in [2.75, 3.05) is 10.6 Å². The largest absolute Gasteiger partial charge is 1.00 e. The summed E-state index contributed by atoms with van der Waals surface area (Å²) in [6.45, 7) is 3.69. The van der Waals surface area contributed by atoms with Crippen molar-refractivity contribution in [3.05, 3.63) is 196 Å². The Bertz CT molecular complexity index is 2550. The smallest absolute Gasteiger partial charge is 0.548 e. The number of carbonyl (C=O) groups is 4. The first kappa shape index (κ1) is 55.3. The van der Waals surface area contributed by atoms with Gasteiger partial charge < -0.3 is 36.3 Å². The van der Waals surface area contributed by atoms with Crippen LogP contribution in [0, 0.1) is 13.8 Å². The molecule has 19 heteroatoms. The van der Waals surface area contributed by atoms with Gasteiger partial charge in [0.1, 0.15) is 16.0 Å². The molecule has 0 spiro atoms. The normalized spacial score (nSPS) is 11.3. The van der Waals surface area contributed by atoms with Crippen LogP contribution in [0.5, 0.6) is 0 Å². The van der Waals surface area contributed by atoms with Crippen LogP contribution in [0.15, 0.2) is 121 Å². The van der Waals surface area contributed by atoms with Gasteiger partial charge in [0.2, 0.25) is 0 Å². The summed E-state index contributed by atoms with van der Waals surface area (Å²) in [6, 6.07) is 31.8. The van der Waals surface area contributed by atoms with Gasteiger partial charge in [-0.15, -0.1) is 0 Å². The van der Waals surface area contributed by atoms with Gasteiger partial charge in [-0.05, 0) is 103 Å². The average Bonchev–Trinajstić information content (AvgIpc) is 3.24. The Morgan fingerprint density at radius 1 is 0.507 bits per heavy atom. The van der Waals surface area contributed by atoms with Crippen molar-refractivity contribution in [2.24, 2.45) is 0 Å². The molecule has 5 N–H and O–H groups in total. The Kier molecular flexibility index (Phi) is 21.4. The van der Waals surface area contributed by atoms with E-state index in [2.05, 4.69) is 21.3 Å². The van der Waals surface area contributed by atoms with E-state index in [0.29, 0.717) is 38.1 Å². The number of carbonyl (C=O) groups excluding carboxylic acids is 3. The third-order valence-electron chi connectivity index (χ3n) is 9.77. The van der Waals surface area contributed by atoms with Gasteiger partial charge in [-0.2, -0.15) is 0 Å². The molecule has 6 aromatic rings. The number of nitrogens with one attached hydrogen (secondary N) is 4. The zero-order chi connectivity index (χ0) is 48.2. The molecule has 6 aromatic carbocycles. The molecule has 0 heterocycles. The molecule has 0 aliphatic carbocycles. The summed E-state index contributed by atoms with van der Waals surface area (Å²) in [7, 11) is 0. The number of aliphatic carboxylic acids is 2. The molecule has 0 fully saturated rings. The molecule has 2 amide bonds. The van der Waals surface area contributed by atoms with Crippen LogP contribution in [0.25, 0.3) is 0 Å². The number of carboxylic acid groups (broad SMARTS) is 2. The quantitative estimate of drug-likeness (QED) is 0.0535. The molecule has 0 saturated heterocycles. The minimum absolute atomic E-state index is 0. The fraction of sp³-hybridized carbons (Fsp3) is 0.125. The van der Waals surface area contributed by atoms with Gasteiger partial charge in [0.05, 0.1) is 53.3 Å². The first-order valence-corrected chi connectivity index (χ1v) is 22.7. The summed E-state index contributed by atoms with van der Waals surface area (Å²) in [5.41, 5.74) is 5.68. The van der Waals surface area contributed by atoms with E-state index in [4.69, 9.17) is 94.0 Å². The number of aryl methyl sites for hydroxylation is 2. The molecule has 0 saturated carbocycles. The number of hydrogen-bond donors (Lipinski definition) is 5. The van der Waals surface area contributed by atoms with Crippen molar-refractivity contribution in [3.8, 4) is 0 Å². The summed E-state index contributed by atoms with van der Waals surface area (Å²) in [6.07, 6.45) is 0.278. The maximum Gasteiger partial charge on any atom is 1.00 e. The van der Waals surface area contributed by atoms with Crippen molar-refractivity contribution in [2.45, 2.75) is 38.8 Å². The van der Waals surface area contributed by atoms with Crippen LogP contribution >= 0.6 is 94.0 Å². The van der Waals surface area contributed by atoms with Gasteiger partial charge in [0.15, 0.2) is 0 Å². The second-order valence-corrected chi connectivity index (χ2v) is 17.7. The molecule has 340 valence electrons. The van der Waals surface area contributed by atoms with E-state index < -0.39 is 35.8 Å². The van der Waals surface area contributed by atoms with Gasteiger partial charge in [-0.1, -0.05) is 155 Å². The Morgan fingerprint density at radius 2 is 0.806 bits per heavy atom. The van der Waals surface area contributed by atoms with Gasteiger partial charge >= 0.3 is 35.5 Å². The molecule has 0 aromatic heterocycles. The van der Waals surface area contributed by atoms with Gasteiger partial charge in [-0.25, -0.2) is 4.79 Å². The van der Waals surface area contributed by atoms with Gasteiger partial charge in [-0.3, -0.25) is 9.59 Å². The van der Waals surface area contributed by atoms with Crippen LogP contribution in [0.2, 0.25) is 30.1 Å². The van der Waals surface area contributed by atoms with Crippen molar-refractivity contribution >= 4 is 139 Å². The number of benzene rings is 6. The van der Waals surface area contributed by atoms with Crippen LogP contribution in [0.4, 0.5) is 11.4 Å². The predicted octanol–water partition coefficient (Wildman–Crippen LogP) is 8.01. The van der Waals surface area contributed by atoms with Crippen LogP contribution in [0.3, 0.4) is 0 Å². The number of hydrogen-bond acceptors (Lipinski definition) is 7. The van der Waals surface area contributed by atoms with Crippen molar-refractivity contribution in [3.63, 3.8) is 0 Å². The zero-order valence-corrected chi connectivity index (χ0v) is 43.9. The van der Waals surface area contributed by atoms with E-state index in [1.807, 2.05) is 26.0 Å². The molecule has 2 atom stereocenters. The minimum Gasteiger partial charge on any atom is -0.548 e. The summed E-state index contributed by atoms with van der Waals surface area (Å²) < 4.78 is 0. The first-order valence-electron chi connectivity index (χ1n) is 19.6. The van der Waals surface area contributed by atoms with E-state index >= 15 is 0 Å². The van der Waals surface area contributed by atoms with Crippen molar-refractivity contribution in [1.82, 2.24) is 10.6 Å². The Hall–Kier alpha value is -4.28. The minimum atomic E-state index is -1.30. The molecule has 0 radical (unpaired) electrons. The molecule has 10 nitrogen and oxygen atoms in total. The fourth-order valence-electron chi connectivity index (χ4n) is 6.43. The number of anilines is 2. The second kappa shape index (κ2) is 25.9. The number of rotatable bonds is 14. The molecule has 0 bridgehead atoms. The van der Waals surface area contributed by atoms with Crippen LogP contribution in [0.1, 0.15) is 54.1 Å². The topological polar surface area (TPSA) is 160 Å². The second-order valence-electron chi connectivity index (χ2n) is 14.5. The molecule has 67 heavy (non-hydrogen) atoms. The maximum atomic E-state index is 12.5. The van der Waals surface area contributed by atoms with Crippen LogP contribution in [-0.2, 0) is 22.4 Å². The predicted molar refractivity (Wildman–Crippen MR) is 271 cm³/mol. The van der Waals surface area contributed by atoms with E-state index in [1.165, 1.54) is 0 Å².